The Kier molecular flexibility index (Phi) is 5.16. The van der Waals surface area contributed by atoms with Crippen LogP contribution in [0.3, 0.4) is 0 Å². The Hall–Kier alpha value is -0.370. The van der Waals surface area contributed by atoms with Crippen molar-refractivity contribution < 1.29 is 0 Å². The molecule has 0 aliphatic carbocycles. The molecule has 0 spiro atoms. The molecule has 0 aromatic rings. The van der Waals surface area contributed by atoms with E-state index in [2.05, 4.69) is 23.7 Å². The van der Waals surface area contributed by atoms with Crippen LogP contribution in [0.1, 0.15) is 33.6 Å². The van der Waals surface area contributed by atoms with Gasteiger partial charge in [-0.05, 0) is 50.9 Å². The number of likely N-dealkylation sites (tertiary alicyclic amines) is 1. The molecule has 0 saturated carbocycles. The molecule has 0 atom stereocenters. The van der Waals surface area contributed by atoms with Crippen molar-refractivity contribution in [3.8, 4) is 0 Å². The van der Waals surface area contributed by atoms with Crippen LogP contribution in [0, 0.1) is 11.8 Å². The van der Waals surface area contributed by atoms with Crippen LogP contribution in [-0.4, -0.2) is 37.3 Å². The van der Waals surface area contributed by atoms with Crippen molar-refractivity contribution in [1.29, 1.82) is 0 Å². The van der Waals surface area contributed by atoms with Crippen molar-refractivity contribution in [2.75, 3.05) is 26.2 Å². The molecule has 1 saturated heterocycles. The van der Waals surface area contributed by atoms with Crippen molar-refractivity contribution in [2.24, 2.45) is 16.8 Å². The van der Waals surface area contributed by atoms with E-state index in [0.717, 1.165) is 18.4 Å². The predicted octanol–water partition coefficient (Wildman–Crippen LogP) is 2.45. The third kappa shape index (κ3) is 4.23. The Labute approximate surface area is 88.4 Å². The fourth-order valence-electron chi connectivity index (χ4n) is 2.12. The number of hydrogen-bond donors (Lipinski definition) is 0. The fraction of sp³-hybridized carbons (Fsp3) is 0.917. The van der Waals surface area contributed by atoms with Crippen molar-refractivity contribution in [3.63, 3.8) is 0 Å². The standard InChI is InChI=1S/C12H24N2/c1-4-13-9-12-5-7-14(8-6-12)10-11(2)3/h4,11-12H,5-10H2,1-3H3. The maximum atomic E-state index is 4.34. The van der Waals surface area contributed by atoms with E-state index in [1.54, 1.807) is 0 Å². The monoisotopic (exact) mass is 196 g/mol. The highest BCUT2D eigenvalue weighted by molar-refractivity contribution is 5.53. The molecule has 2 nitrogen and oxygen atoms in total. The first-order valence-electron chi connectivity index (χ1n) is 5.89. The first-order valence-corrected chi connectivity index (χ1v) is 5.89. The lowest BCUT2D eigenvalue weighted by molar-refractivity contribution is 0.171. The van der Waals surface area contributed by atoms with Gasteiger partial charge >= 0.3 is 0 Å². The van der Waals surface area contributed by atoms with Gasteiger partial charge in [-0.15, -0.1) is 0 Å². The van der Waals surface area contributed by atoms with Gasteiger partial charge in [0.1, 0.15) is 0 Å². The number of rotatable bonds is 4. The van der Waals surface area contributed by atoms with Gasteiger partial charge in [-0.2, -0.15) is 0 Å². The summed E-state index contributed by atoms with van der Waals surface area (Å²) >= 11 is 0. The quantitative estimate of drug-likeness (QED) is 0.631. The molecule has 0 unspecified atom stereocenters. The van der Waals surface area contributed by atoms with E-state index in [9.17, 15) is 0 Å². The molecule has 0 aromatic heterocycles. The van der Waals surface area contributed by atoms with Crippen LogP contribution in [0.25, 0.3) is 0 Å². The van der Waals surface area contributed by atoms with Crippen molar-refractivity contribution >= 4 is 6.21 Å². The summed E-state index contributed by atoms with van der Waals surface area (Å²) in [4.78, 5) is 6.93. The van der Waals surface area contributed by atoms with Gasteiger partial charge in [0.15, 0.2) is 0 Å². The lowest BCUT2D eigenvalue weighted by Gasteiger charge is -2.32. The number of nitrogens with zero attached hydrogens (tertiary/aromatic N) is 2. The molecule has 2 heteroatoms. The van der Waals surface area contributed by atoms with Gasteiger partial charge in [0.2, 0.25) is 0 Å². The molecule has 0 aromatic carbocycles. The summed E-state index contributed by atoms with van der Waals surface area (Å²) in [5, 5.41) is 0. The van der Waals surface area contributed by atoms with E-state index in [0.29, 0.717) is 0 Å². The molecule has 0 amide bonds. The molecule has 1 fully saturated rings. The fourth-order valence-corrected chi connectivity index (χ4v) is 2.12. The average molecular weight is 196 g/mol. The summed E-state index contributed by atoms with van der Waals surface area (Å²) < 4.78 is 0. The van der Waals surface area contributed by atoms with Crippen LogP contribution in [0.2, 0.25) is 0 Å². The molecule has 1 rings (SSSR count). The maximum Gasteiger partial charge on any atom is 0.0414 e. The molecule has 14 heavy (non-hydrogen) atoms. The largest absolute Gasteiger partial charge is 0.303 e. The molecule has 1 aliphatic rings. The first kappa shape index (κ1) is 11.7. The van der Waals surface area contributed by atoms with Crippen molar-refractivity contribution in [1.82, 2.24) is 4.90 Å². The van der Waals surface area contributed by atoms with Crippen LogP contribution < -0.4 is 0 Å². The highest BCUT2D eigenvalue weighted by Gasteiger charge is 2.18. The Balaban J connectivity index is 2.17. The van der Waals surface area contributed by atoms with Gasteiger partial charge in [0.25, 0.3) is 0 Å². The molecule has 0 N–H and O–H groups in total. The summed E-state index contributed by atoms with van der Waals surface area (Å²) in [6.07, 6.45) is 4.61. The third-order valence-corrected chi connectivity index (χ3v) is 2.88. The zero-order valence-electron chi connectivity index (χ0n) is 9.87. The average Bonchev–Trinajstić information content (AvgIpc) is 2.16. The topological polar surface area (TPSA) is 15.6 Å². The summed E-state index contributed by atoms with van der Waals surface area (Å²) in [5.74, 6) is 1.65. The van der Waals surface area contributed by atoms with Crippen LogP contribution in [-0.2, 0) is 0 Å². The van der Waals surface area contributed by atoms with Crippen LogP contribution in [0.15, 0.2) is 4.99 Å². The lowest BCUT2D eigenvalue weighted by Crippen LogP contribution is -2.36. The maximum absolute atomic E-state index is 4.34. The smallest absolute Gasteiger partial charge is 0.0414 e. The van der Waals surface area contributed by atoms with Crippen LogP contribution >= 0.6 is 0 Å². The van der Waals surface area contributed by atoms with Crippen molar-refractivity contribution in [3.05, 3.63) is 0 Å². The van der Waals surface area contributed by atoms with E-state index in [4.69, 9.17) is 0 Å². The molecule has 1 aliphatic heterocycles. The van der Waals surface area contributed by atoms with E-state index < -0.39 is 0 Å². The summed E-state index contributed by atoms with van der Waals surface area (Å²) in [5.41, 5.74) is 0. The Morgan fingerprint density at radius 3 is 2.50 bits per heavy atom. The van der Waals surface area contributed by atoms with E-state index in [1.807, 2.05) is 13.1 Å². The van der Waals surface area contributed by atoms with Crippen molar-refractivity contribution in [2.45, 2.75) is 33.6 Å². The van der Waals surface area contributed by atoms with Gasteiger partial charge in [0, 0.05) is 13.1 Å². The molecule has 0 radical (unpaired) electrons. The highest BCUT2D eigenvalue weighted by atomic mass is 15.1. The van der Waals surface area contributed by atoms with Crippen LogP contribution in [0.5, 0.6) is 0 Å². The Bertz CT molecular complexity index is 167. The number of hydrogen-bond acceptors (Lipinski definition) is 2. The third-order valence-electron chi connectivity index (χ3n) is 2.88. The van der Waals surface area contributed by atoms with Gasteiger partial charge in [-0.3, -0.25) is 4.99 Å². The molecular formula is C12H24N2. The molecular weight excluding hydrogens is 172 g/mol. The summed E-state index contributed by atoms with van der Waals surface area (Å²) in [6, 6.07) is 0. The summed E-state index contributed by atoms with van der Waals surface area (Å²) in [7, 11) is 0. The number of piperidine rings is 1. The minimum atomic E-state index is 0.806. The Morgan fingerprint density at radius 2 is 2.00 bits per heavy atom. The van der Waals surface area contributed by atoms with Gasteiger partial charge in [-0.1, -0.05) is 13.8 Å². The second-order valence-electron chi connectivity index (χ2n) is 4.76. The second kappa shape index (κ2) is 6.18. The van der Waals surface area contributed by atoms with Gasteiger partial charge in [-0.25, -0.2) is 0 Å². The second-order valence-corrected chi connectivity index (χ2v) is 4.76. The SMILES string of the molecule is CC=NCC1CCN(CC(C)C)CC1. The van der Waals surface area contributed by atoms with E-state index >= 15 is 0 Å². The summed E-state index contributed by atoms with van der Waals surface area (Å²) in [6.45, 7) is 11.5. The Morgan fingerprint density at radius 1 is 1.36 bits per heavy atom. The minimum absolute atomic E-state index is 0.806. The minimum Gasteiger partial charge on any atom is -0.303 e. The molecule has 0 bridgehead atoms. The van der Waals surface area contributed by atoms with Gasteiger partial charge in [0.05, 0.1) is 0 Å². The van der Waals surface area contributed by atoms with E-state index in [-0.39, 0.29) is 0 Å². The predicted molar refractivity (Wildman–Crippen MR) is 63.0 cm³/mol. The molecule has 1 heterocycles. The van der Waals surface area contributed by atoms with Gasteiger partial charge < -0.3 is 4.90 Å². The normalized spacial score (nSPS) is 21.1. The first-order chi connectivity index (χ1) is 6.72. The number of aliphatic imine (C=N–C) groups is 1. The van der Waals surface area contributed by atoms with Crippen LogP contribution in [0.4, 0.5) is 0 Å². The zero-order valence-corrected chi connectivity index (χ0v) is 9.87. The zero-order chi connectivity index (χ0) is 10.4. The molecule has 82 valence electrons. The lowest BCUT2D eigenvalue weighted by atomic mass is 9.96. The highest BCUT2D eigenvalue weighted by Crippen LogP contribution is 2.18. The van der Waals surface area contributed by atoms with E-state index in [1.165, 1.54) is 32.5 Å².